The van der Waals surface area contributed by atoms with Gasteiger partial charge in [0.1, 0.15) is 11.4 Å². The van der Waals surface area contributed by atoms with E-state index in [9.17, 15) is 4.79 Å². The maximum atomic E-state index is 11.9. The lowest BCUT2D eigenvalue weighted by Gasteiger charge is -2.24. The first-order chi connectivity index (χ1) is 13.5. The number of aryl methyl sites for hydroxylation is 1. The number of nitrogens with one attached hydrogen (secondary N) is 1. The van der Waals surface area contributed by atoms with E-state index in [2.05, 4.69) is 36.1 Å². The molecule has 0 fully saturated rings. The van der Waals surface area contributed by atoms with Crippen LogP contribution in [-0.4, -0.2) is 30.8 Å². The zero-order valence-corrected chi connectivity index (χ0v) is 18.9. The lowest BCUT2D eigenvalue weighted by atomic mass is 10.1. The summed E-state index contributed by atoms with van der Waals surface area (Å²) in [4.78, 5) is 18.4. The summed E-state index contributed by atoms with van der Waals surface area (Å²) >= 11 is 4.34. The monoisotopic (exact) mass is 417 g/mol. The van der Waals surface area contributed by atoms with Gasteiger partial charge in [-0.05, 0) is 44.4 Å². The molecule has 0 aliphatic heterocycles. The lowest BCUT2D eigenvalue weighted by Crippen LogP contribution is -2.32. The number of alkyl carbamates (subject to hydrolysis) is 1. The van der Waals surface area contributed by atoms with E-state index in [0.717, 1.165) is 34.7 Å². The second-order valence-electron chi connectivity index (χ2n) is 7.86. The van der Waals surface area contributed by atoms with E-state index >= 15 is 0 Å². The molecule has 0 bridgehead atoms. The normalized spacial score (nSPS) is 11.1. The number of carbonyl (C=O) groups is 1. The molecule has 0 spiro atoms. The molecule has 2 rings (SSSR count). The molecule has 8 heteroatoms. The van der Waals surface area contributed by atoms with E-state index in [0.29, 0.717) is 12.2 Å². The van der Waals surface area contributed by atoms with Gasteiger partial charge in [0.25, 0.3) is 0 Å². The fraction of sp³-hybridized carbons (Fsp3) is 0.429. The van der Waals surface area contributed by atoms with E-state index in [1.807, 2.05) is 58.0 Å². The molecular weight excluding hydrogens is 386 g/mol. The van der Waals surface area contributed by atoms with Crippen LogP contribution in [0.2, 0.25) is 0 Å². The lowest BCUT2D eigenvalue weighted by molar-refractivity contribution is 0.0523. The van der Waals surface area contributed by atoms with Crippen molar-refractivity contribution < 1.29 is 9.53 Å². The highest BCUT2D eigenvalue weighted by Crippen LogP contribution is 2.32. The van der Waals surface area contributed by atoms with Crippen molar-refractivity contribution >= 4 is 41.8 Å². The Labute approximate surface area is 178 Å². The van der Waals surface area contributed by atoms with Crippen LogP contribution < -0.4 is 20.3 Å². The first kappa shape index (κ1) is 22.7. The smallest absolute Gasteiger partial charge is 0.407 e. The van der Waals surface area contributed by atoms with Crippen LogP contribution in [0.15, 0.2) is 30.5 Å². The van der Waals surface area contributed by atoms with Crippen molar-refractivity contribution in [1.82, 2.24) is 10.3 Å². The molecule has 0 saturated carbocycles. The number of benzene rings is 1. The Balaban J connectivity index is 2.20. The Morgan fingerprint density at radius 2 is 1.93 bits per heavy atom. The Kier molecular flexibility index (Phi) is 7.24. The van der Waals surface area contributed by atoms with Crippen molar-refractivity contribution in [1.29, 1.82) is 0 Å². The number of rotatable bonds is 6. The van der Waals surface area contributed by atoms with E-state index in [-0.39, 0.29) is 0 Å². The fourth-order valence-corrected chi connectivity index (χ4v) is 3.05. The third-order valence-electron chi connectivity index (χ3n) is 4.31. The van der Waals surface area contributed by atoms with Gasteiger partial charge in [0.05, 0.1) is 17.6 Å². The molecule has 0 atom stereocenters. The number of aromatic nitrogens is 1. The van der Waals surface area contributed by atoms with Crippen molar-refractivity contribution in [3.63, 3.8) is 0 Å². The zero-order chi connectivity index (χ0) is 21.8. The van der Waals surface area contributed by atoms with Crippen LogP contribution in [0.1, 0.15) is 38.8 Å². The van der Waals surface area contributed by atoms with Gasteiger partial charge in [-0.25, -0.2) is 9.78 Å². The topological polar surface area (TPSA) is 83.7 Å². The number of hydrogen-bond acceptors (Lipinski definition) is 7. The number of carbonyl (C=O) groups excluding carboxylic acids is 1. The van der Waals surface area contributed by atoms with Crippen LogP contribution >= 0.6 is 12.8 Å². The van der Waals surface area contributed by atoms with Crippen LogP contribution in [0.25, 0.3) is 0 Å². The number of anilines is 4. The average Bonchev–Trinajstić information content (AvgIpc) is 2.64. The summed E-state index contributed by atoms with van der Waals surface area (Å²) in [7, 11) is 3.79. The summed E-state index contributed by atoms with van der Waals surface area (Å²) in [5.74, 6) is 0.768. The molecule has 0 unspecified atom stereocenters. The number of nitrogen functional groups attached to an aromatic ring is 1. The van der Waals surface area contributed by atoms with Crippen LogP contribution in [0.5, 0.6) is 0 Å². The number of amides is 1. The van der Waals surface area contributed by atoms with Gasteiger partial charge in [0.2, 0.25) is 0 Å². The van der Waals surface area contributed by atoms with Gasteiger partial charge >= 0.3 is 6.09 Å². The van der Waals surface area contributed by atoms with Gasteiger partial charge in [0.15, 0.2) is 0 Å². The maximum absolute atomic E-state index is 11.9. The minimum absolute atomic E-state index is 0.403. The van der Waals surface area contributed by atoms with E-state index in [1.165, 1.54) is 0 Å². The van der Waals surface area contributed by atoms with E-state index < -0.39 is 11.7 Å². The number of nitrogens with two attached hydrogens (primary N) is 1. The van der Waals surface area contributed by atoms with Crippen LogP contribution in [0, 0.1) is 0 Å². The maximum Gasteiger partial charge on any atom is 0.407 e. The largest absolute Gasteiger partial charge is 0.444 e. The number of hydrogen-bond donors (Lipinski definition) is 3. The standard InChI is InChI=1S/C21H31N5O2S/c1-7-15-10-14(12-24-20(27)28-21(2,3)4)8-9-17(15)25(5)19-11-18(26(6)29)16(22)13-23-19/h8-11,13,29H,7,12,22H2,1-6H3,(H,24,27). The quantitative estimate of drug-likeness (QED) is 0.608. The highest BCUT2D eigenvalue weighted by atomic mass is 32.1. The Bertz CT molecular complexity index is 865. The highest BCUT2D eigenvalue weighted by molar-refractivity contribution is 7.81. The summed E-state index contributed by atoms with van der Waals surface area (Å²) in [6.45, 7) is 8.03. The van der Waals surface area contributed by atoms with Crippen molar-refractivity contribution in [3.05, 3.63) is 41.6 Å². The first-order valence-electron chi connectivity index (χ1n) is 9.52. The van der Waals surface area contributed by atoms with Gasteiger partial charge < -0.3 is 25.0 Å². The van der Waals surface area contributed by atoms with Crippen molar-refractivity contribution in [3.8, 4) is 0 Å². The molecule has 2 aromatic rings. The predicted octanol–water partition coefficient (Wildman–Crippen LogP) is 4.30. The molecule has 0 radical (unpaired) electrons. The van der Waals surface area contributed by atoms with Gasteiger partial charge in [0, 0.05) is 32.4 Å². The predicted molar refractivity (Wildman–Crippen MR) is 123 cm³/mol. The molecule has 3 N–H and O–H groups in total. The summed E-state index contributed by atoms with van der Waals surface area (Å²) in [6.07, 6.45) is 2.05. The summed E-state index contributed by atoms with van der Waals surface area (Å²) in [5, 5.41) is 2.80. The molecule has 0 aliphatic carbocycles. The van der Waals surface area contributed by atoms with Crippen LogP contribution in [0.4, 0.5) is 27.7 Å². The number of nitrogens with zero attached hydrogens (tertiary/aromatic N) is 3. The molecule has 1 amide bonds. The molecule has 0 aliphatic rings. The summed E-state index contributed by atoms with van der Waals surface area (Å²) < 4.78 is 6.96. The van der Waals surface area contributed by atoms with Gasteiger partial charge in [-0.15, -0.1) is 0 Å². The molecule has 1 aromatic heterocycles. The Morgan fingerprint density at radius 1 is 1.24 bits per heavy atom. The van der Waals surface area contributed by atoms with Gasteiger partial charge in [-0.3, -0.25) is 0 Å². The minimum Gasteiger partial charge on any atom is -0.444 e. The zero-order valence-electron chi connectivity index (χ0n) is 18.0. The van der Waals surface area contributed by atoms with Crippen LogP contribution in [0.3, 0.4) is 0 Å². The first-order valence-corrected chi connectivity index (χ1v) is 9.92. The molecular formula is C21H31N5O2S. The second-order valence-corrected chi connectivity index (χ2v) is 8.46. The fourth-order valence-electron chi connectivity index (χ4n) is 2.88. The van der Waals surface area contributed by atoms with Crippen LogP contribution in [-0.2, 0) is 17.7 Å². The average molecular weight is 418 g/mol. The SMILES string of the molecule is CCc1cc(CNC(=O)OC(C)(C)C)ccc1N(C)c1cc(N(C)S)c(N)cn1. The van der Waals surface area contributed by atoms with Crippen molar-refractivity contribution in [2.45, 2.75) is 46.3 Å². The Hall–Kier alpha value is -2.61. The number of pyridine rings is 1. The minimum atomic E-state index is -0.517. The third-order valence-corrected chi connectivity index (χ3v) is 4.53. The molecule has 29 heavy (non-hydrogen) atoms. The van der Waals surface area contributed by atoms with Crippen molar-refractivity contribution in [2.75, 3.05) is 29.0 Å². The molecule has 1 aromatic carbocycles. The van der Waals surface area contributed by atoms with Gasteiger partial charge in [-0.2, -0.15) is 0 Å². The summed E-state index contributed by atoms with van der Waals surface area (Å²) in [5.41, 5.74) is 10.0. The molecule has 7 nitrogen and oxygen atoms in total. The Morgan fingerprint density at radius 3 is 2.52 bits per heavy atom. The van der Waals surface area contributed by atoms with Crippen molar-refractivity contribution in [2.24, 2.45) is 0 Å². The number of ether oxygens (including phenoxy) is 1. The highest BCUT2D eigenvalue weighted by Gasteiger charge is 2.16. The second kappa shape index (κ2) is 9.26. The van der Waals surface area contributed by atoms with Gasteiger partial charge in [-0.1, -0.05) is 31.9 Å². The molecule has 158 valence electrons. The third kappa shape index (κ3) is 6.19. The van der Waals surface area contributed by atoms with E-state index in [1.54, 1.807) is 10.5 Å². The summed E-state index contributed by atoms with van der Waals surface area (Å²) in [6, 6.07) is 8.02. The number of thiol groups is 1. The molecule has 0 saturated heterocycles. The molecule has 1 heterocycles. The van der Waals surface area contributed by atoms with E-state index in [4.69, 9.17) is 10.5 Å².